The Bertz CT molecular complexity index is 2500. The Kier molecular flexibility index (Phi) is 4.55. The van der Waals surface area contributed by atoms with Gasteiger partial charge in [0.25, 0.3) is 0 Å². The van der Waals surface area contributed by atoms with E-state index in [1.54, 1.807) is 0 Å². The van der Waals surface area contributed by atoms with Gasteiger partial charge in [-0.2, -0.15) is 5.26 Å². The smallest absolute Gasteiger partial charge is 0.101 e. The summed E-state index contributed by atoms with van der Waals surface area (Å²) in [6.45, 7) is 0. The molecule has 0 fully saturated rings. The highest BCUT2D eigenvalue weighted by Crippen LogP contribution is 2.40. The first kappa shape index (κ1) is 22.4. The number of hydrogen-bond acceptors (Lipinski definition) is 2. The third-order valence-electron chi connectivity index (χ3n) is 8.35. The molecule has 6 aromatic carbocycles. The summed E-state index contributed by atoms with van der Waals surface area (Å²) in [5, 5.41) is 17.3. The monoisotopic (exact) mass is 539 g/mol. The summed E-state index contributed by atoms with van der Waals surface area (Å²) in [7, 11) is 0. The molecule has 0 radical (unpaired) electrons. The van der Waals surface area contributed by atoms with Crippen LogP contribution in [0.25, 0.3) is 75.2 Å². The first-order chi connectivity index (χ1) is 20.3. The Balaban J connectivity index is 1.33. The van der Waals surface area contributed by atoms with E-state index in [4.69, 9.17) is 0 Å². The van der Waals surface area contributed by atoms with Crippen LogP contribution in [0.1, 0.15) is 5.56 Å². The van der Waals surface area contributed by atoms with Crippen molar-refractivity contribution in [2.45, 2.75) is 0 Å². The average Bonchev–Trinajstić information content (AvgIpc) is 3.68. The lowest BCUT2D eigenvalue weighted by atomic mass is 10.1. The van der Waals surface area contributed by atoms with E-state index in [-0.39, 0.29) is 0 Å². The quantitative estimate of drug-likeness (QED) is 0.215. The fourth-order valence-electron chi connectivity index (χ4n) is 6.61. The zero-order valence-electron chi connectivity index (χ0n) is 21.9. The van der Waals surface area contributed by atoms with Crippen molar-refractivity contribution in [1.82, 2.24) is 9.13 Å². The van der Waals surface area contributed by atoms with Gasteiger partial charge in [-0.3, -0.25) is 0 Å². The van der Waals surface area contributed by atoms with E-state index in [1.165, 1.54) is 42.0 Å². The number of benzene rings is 6. The summed E-state index contributed by atoms with van der Waals surface area (Å²) in [6.07, 6.45) is 0. The van der Waals surface area contributed by atoms with Gasteiger partial charge < -0.3 is 9.13 Å². The molecule has 0 unspecified atom stereocenters. The minimum Gasteiger partial charge on any atom is -0.309 e. The first-order valence-electron chi connectivity index (χ1n) is 13.7. The van der Waals surface area contributed by atoms with Crippen LogP contribution in [0.2, 0.25) is 0 Å². The van der Waals surface area contributed by atoms with Crippen molar-refractivity contribution in [2.24, 2.45) is 0 Å². The molecule has 4 heteroatoms. The lowest BCUT2D eigenvalue weighted by Crippen LogP contribution is -1.95. The van der Waals surface area contributed by atoms with Crippen molar-refractivity contribution in [2.75, 3.05) is 0 Å². The van der Waals surface area contributed by atoms with Gasteiger partial charge in [0.2, 0.25) is 0 Å². The summed E-state index contributed by atoms with van der Waals surface area (Å²) >= 11 is 1.82. The van der Waals surface area contributed by atoms with E-state index < -0.39 is 0 Å². The highest BCUT2D eigenvalue weighted by atomic mass is 32.1. The number of aromatic nitrogens is 2. The largest absolute Gasteiger partial charge is 0.309 e. The van der Waals surface area contributed by atoms with E-state index >= 15 is 0 Å². The Morgan fingerprint density at radius 2 is 0.951 bits per heavy atom. The number of nitrogens with zero attached hydrogens (tertiary/aromatic N) is 3. The lowest BCUT2D eigenvalue weighted by molar-refractivity contribution is 1.18. The van der Waals surface area contributed by atoms with Gasteiger partial charge >= 0.3 is 0 Å². The zero-order chi connectivity index (χ0) is 27.1. The molecular formula is C37H21N3S. The van der Waals surface area contributed by atoms with Crippen LogP contribution in [0.3, 0.4) is 0 Å². The molecular weight excluding hydrogens is 518 g/mol. The summed E-state index contributed by atoms with van der Waals surface area (Å²) < 4.78 is 7.15. The van der Waals surface area contributed by atoms with Crippen molar-refractivity contribution < 1.29 is 0 Å². The van der Waals surface area contributed by atoms with Crippen LogP contribution in [0.15, 0.2) is 127 Å². The molecule has 0 N–H and O–H groups in total. The van der Waals surface area contributed by atoms with Gasteiger partial charge in [0.05, 0.1) is 27.6 Å². The number of rotatable bonds is 2. The molecule has 9 aromatic rings. The molecule has 0 spiro atoms. The maximum Gasteiger partial charge on any atom is 0.101 e. The normalized spacial score (nSPS) is 11.9. The van der Waals surface area contributed by atoms with Crippen LogP contribution in [0, 0.1) is 11.3 Å². The van der Waals surface area contributed by atoms with Crippen LogP contribution < -0.4 is 0 Å². The van der Waals surface area contributed by atoms with Gasteiger partial charge in [-0.25, -0.2) is 0 Å². The minimum absolute atomic E-state index is 0.683. The fraction of sp³-hybridized carbons (Fsp3) is 0. The molecule has 0 amide bonds. The molecule has 3 heterocycles. The van der Waals surface area contributed by atoms with Gasteiger partial charge in [0, 0.05) is 53.1 Å². The van der Waals surface area contributed by atoms with Gasteiger partial charge in [0.1, 0.15) is 6.07 Å². The summed E-state index contributed by atoms with van der Waals surface area (Å²) in [6, 6.07) is 47.7. The molecule has 0 aliphatic rings. The topological polar surface area (TPSA) is 33.6 Å². The fourth-order valence-corrected chi connectivity index (χ4v) is 7.68. The summed E-state index contributed by atoms with van der Waals surface area (Å²) in [4.78, 5) is 0. The molecule has 0 bridgehead atoms. The van der Waals surface area contributed by atoms with Gasteiger partial charge in [-0.1, -0.05) is 66.7 Å². The van der Waals surface area contributed by atoms with Gasteiger partial charge in [0.15, 0.2) is 0 Å². The SMILES string of the molecule is N#Cc1cccc2c3ccccc3n(-c3ccc4sc5ccc(-n6c7ccccc7c7ccccc76)cc5c4c3)c12. The zero-order valence-corrected chi connectivity index (χ0v) is 22.7. The maximum absolute atomic E-state index is 10.0. The second-order valence-corrected chi connectivity index (χ2v) is 11.6. The molecule has 0 aliphatic heterocycles. The number of thiophene rings is 1. The standard InChI is InChI=1S/C37H21N3S/c38-22-23-8-7-12-29-28-11-3-6-15-34(28)40(37(23)29)25-17-19-36-31(21-25)30-20-24(16-18-35(30)41-36)39-32-13-4-1-9-26(32)27-10-2-5-14-33(27)39/h1-21H. The maximum atomic E-state index is 10.0. The highest BCUT2D eigenvalue weighted by molar-refractivity contribution is 7.25. The van der Waals surface area contributed by atoms with Crippen LogP contribution in [0.5, 0.6) is 0 Å². The van der Waals surface area contributed by atoms with E-state index in [0.717, 1.165) is 33.2 Å². The number of hydrogen-bond donors (Lipinski definition) is 0. The van der Waals surface area contributed by atoms with Crippen molar-refractivity contribution in [3.05, 3.63) is 133 Å². The Hall–Kier alpha value is -5.37. The van der Waals surface area contributed by atoms with Crippen molar-refractivity contribution in [1.29, 1.82) is 5.26 Å². The summed E-state index contributed by atoms with van der Waals surface area (Å²) in [5.74, 6) is 0. The Morgan fingerprint density at radius 1 is 0.463 bits per heavy atom. The predicted octanol–water partition coefficient (Wildman–Crippen LogP) is 10.1. The minimum atomic E-state index is 0.683. The number of fused-ring (bicyclic) bond motifs is 9. The van der Waals surface area contributed by atoms with Crippen LogP contribution in [0.4, 0.5) is 0 Å². The third kappa shape index (κ3) is 3.07. The van der Waals surface area contributed by atoms with Crippen molar-refractivity contribution >= 4 is 75.1 Å². The second-order valence-electron chi connectivity index (χ2n) is 10.5. The lowest BCUT2D eigenvalue weighted by Gasteiger charge is -2.10. The molecule has 190 valence electrons. The van der Waals surface area contributed by atoms with E-state index in [1.807, 2.05) is 23.5 Å². The third-order valence-corrected chi connectivity index (χ3v) is 9.50. The molecule has 9 rings (SSSR count). The highest BCUT2D eigenvalue weighted by Gasteiger charge is 2.17. The molecule has 0 saturated heterocycles. The number of nitriles is 1. The van der Waals surface area contributed by atoms with Crippen LogP contribution in [-0.2, 0) is 0 Å². The van der Waals surface area contributed by atoms with E-state index in [2.05, 4.69) is 130 Å². The average molecular weight is 540 g/mol. The molecule has 0 saturated carbocycles. The molecule has 0 atom stereocenters. The van der Waals surface area contributed by atoms with Gasteiger partial charge in [-0.15, -0.1) is 11.3 Å². The van der Waals surface area contributed by atoms with Crippen LogP contribution in [-0.4, -0.2) is 9.13 Å². The molecule has 3 aromatic heterocycles. The molecule has 0 aliphatic carbocycles. The van der Waals surface area contributed by atoms with Crippen LogP contribution >= 0.6 is 11.3 Å². The van der Waals surface area contributed by atoms with E-state index in [0.29, 0.717) is 5.56 Å². The van der Waals surface area contributed by atoms with E-state index in [9.17, 15) is 5.26 Å². The number of para-hydroxylation sites is 4. The second kappa shape index (κ2) is 8.32. The first-order valence-corrected chi connectivity index (χ1v) is 14.5. The summed E-state index contributed by atoms with van der Waals surface area (Å²) in [5.41, 5.74) is 7.39. The Morgan fingerprint density at radius 3 is 1.54 bits per heavy atom. The Labute approximate surface area is 239 Å². The molecule has 41 heavy (non-hydrogen) atoms. The predicted molar refractivity (Wildman–Crippen MR) is 173 cm³/mol. The van der Waals surface area contributed by atoms with Gasteiger partial charge in [-0.05, 0) is 60.7 Å². The van der Waals surface area contributed by atoms with Crippen molar-refractivity contribution in [3.8, 4) is 17.4 Å². The molecule has 3 nitrogen and oxygen atoms in total. The van der Waals surface area contributed by atoms with Crippen molar-refractivity contribution in [3.63, 3.8) is 0 Å².